The first-order valence-corrected chi connectivity index (χ1v) is 17.4. The Kier molecular flexibility index (Phi) is 6.91. The highest BCUT2D eigenvalue weighted by Gasteiger charge is 2.19. The topological polar surface area (TPSA) is 51.8 Å². The van der Waals surface area contributed by atoms with E-state index < -0.39 is 0 Å². The van der Waals surface area contributed by atoms with Crippen LogP contribution in [0.3, 0.4) is 0 Å². The van der Waals surface area contributed by atoms with Crippen LogP contribution in [-0.4, -0.2) is 15.0 Å². The zero-order valence-electron chi connectivity index (χ0n) is 27.8. The summed E-state index contributed by atoms with van der Waals surface area (Å²) in [6.45, 7) is 0. The molecule has 1 aliphatic carbocycles. The van der Waals surface area contributed by atoms with E-state index in [-0.39, 0.29) is 0 Å². The fourth-order valence-electron chi connectivity index (χ4n) is 7.43. The molecular weight excluding hydrogens is 623 g/mol. The van der Waals surface area contributed by atoms with Gasteiger partial charge in [-0.3, -0.25) is 0 Å². The predicted molar refractivity (Wildman–Crippen MR) is 210 cm³/mol. The van der Waals surface area contributed by atoms with Crippen molar-refractivity contribution >= 4 is 49.1 Å². The molecule has 0 saturated heterocycles. The monoisotopic (exact) mass is 653 g/mol. The summed E-state index contributed by atoms with van der Waals surface area (Å²) in [5, 5.41) is 6.97. The van der Waals surface area contributed by atoms with E-state index in [0.717, 1.165) is 79.1 Å². The molecule has 10 rings (SSSR count). The second-order valence-electron chi connectivity index (χ2n) is 13.1. The molecular formula is C47H31N3O. The molecule has 0 radical (unpaired) electrons. The number of nitrogens with zero attached hydrogens (tertiary/aromatic N) is 3. The maximum absolute atomic E-state index is 6.39. The van der Waals surface area contributed by atoms with E-state index in [4.69, 9.17) is 19.4 Å². The predicted octanol–water partition coefficient (Wildman–Crippen LogP) is 12.5. The van der Waals surface area contributed by atoms with Crippen molar-refractivity contribution < 1.29 is 4.42 Å². The van der Waals surface area contributed by atoms with Crippen LogP contribution in [0.1, 0.15) is 18.7 Å². The van der Waals surface area contributed by atoms with Gasteiger partial charge in [-0.2, -0.15) is 0 Å². The Bertz CT molecular complexity index is 2850. The van der Waals surface area contributed by atoms with Crippen LogP contribution in [0.5, 0.6) is 0 Å². The zero-order valence-corrected chi connectivity index (χ0v) is 27.8. The summed E-state index contributed by atoms with van der Waals surface area (Å²) >= 11 is 0. The molecule has 0 atom stereocenters. The number of benzene rings is 7. The molecule has 240 valence electrons. The number of hydrogen-bond acceptors (Lipinski definition) is 4. The van der Waals surface area contributed by atoms with Crippen LogP contribution in [-0.2, 0) is 0 Å². The number of hydrogen-bond donors (Lipinski definition) is 0. The van der Waals surface area contributed by atoms with Crippen LogP contribution in [0.25, 0.3) is 94.1 Å². The molecule has 0 bridgehead atoms. The third-order valence-electron chi connectivity index (χ3n) is 9.96. The van der Waals surface area contributed by atoms with Crippen LogP contribution in [0, 0.1) is 0 Å². The molecule has 0 fully saturated rings. The lowest BCUT2D eigenvalue weighted by atomic mass is 9.92. The van der Waals surface area contributed by atoms with Crippen molar-refractivity contribution in [3.8, 4) is 45.0 Å². The Morgan fingerprint density at radius 1 is 0.451 bits per heavy atom. The molecule has 0 aliphatic heterocycles. The van der Waals surface area contributed by atoms with Crippen LogP contribution < -0.4 is 0 Å². The lowest BCUT2D eigenvalue weighted by Crippen LogP contribution is -2.04. The summed E-state index contributed by atoms with van der Waals surface area (Å²) in [4.78, 5) is 15.3. The molecule has 0 N–H and O–H groups in total. The van der Waals surface area contributed by atoms with Crippen molar-refractivity contribution in [1.82, 2.24) is 15.0 Å². The largest absolute Gasteiger partial charge is 0.456 e. The molecule has 0 unspecified atom stereocenters. The second-order valence-corrected chi connectivity index (χ2v) is 13.1. The summed E-state index contributed by atoms with van der Waals surface area (Å²) in [6.07, 6.45) is 8.55. The lowest BCUT2D eigenvalue weighted by molar-refractivity contribution is 0.669. The summed E-state index contributed by atoms with van der Waals surface area (Å²) in [5.74, 6) is 2.02. The van der Waals surface area contributed by atoms with Crippen molar-refractivity contribution in [1.29, 1.82) is 0 Å². The Labute approximate surface area is 295 Å². The van der Waals surface area contributed by atoms with Gasteiger partial charge < -0.3 is 4.42 Å². The average Bonchev–Trinajstić information content (AvgIpc) is 3.59. The molecule has 4 heteroatoms. The van der Waals surface area contributed by atoms with E-state index in [1.807, 2.05) is 18.2 Å². The first-order chi connectivity index (χ1) is 25.3. The fourth-order valence-corrected chi connectivity index (χ4v) is 7.43. The second kappa shape index (κ2) is 12.0. The molecule has 51 heavy (non-hydrogen) atoms. The van der Waals surface area contributed by atoms with E-state index >= 15 is 0 Å². The minimum absolute atomic E-state index is 0.664. The van der Waals surface area contributed by atoms with Gasteiger partial charge in [0.25, 0.3) is 0 Å². The van der Waals surface area contributed by atoms with Crippen molar-refractivity contribution in [2.75, 3.05) is 0 Å². The molecule has 7 aromatic carbocycles. The molecule has 2 aromatic heterocycles. The van der Waals surface area contributed by atoms with Gasteiger partial charge in [-0.15, -0.1) is 0 Å². The van der Waals surface area contributed by atoms with Crippen molar-refractivity contribution in [2.45, 2.75) is 12.8 Å². The number of fused-ring (bicyclic) bond motifs is 6. The maximum Gasteiger partial charge on any atom is 0.165 e. The normalized spacial score (nSPS) is 13.0. The average molecular weight is 654 g/mol. The standard InChI is InChI=1S/C47H31N3O/c1-3-13-34(14-4-1)45-48-46(35-15-5-2-6-16-35)50-47(49-45)44-38-18-10-8-11-31(38)23-26-39(44)33-21-19-30(20-22-33)36-24-27-40-42(29-36)51-41-28-25-32-12-7-9-17-37(32)43(40)41/h1,3-5,7-29H,2,6H2. The van der Waals surface area contributed by atoms with Gasteiger partial charge >= 0.3 is 0 Å². The Morgan fingerprint density at radius 3 is 1.96 bits per heavy atom. The lowest BCUT2D eigenvalue weighted by Gasteiger charge is -2.16. The van der Waals surface area contributed by atoms with Gasteiger partial charge in [0.05, 0.1) is 0 Å². The van der Waals surface area contributed by atoms with Gasteiger partial charge in [-0.1, -0.05) is 146 Å². The highest BCUT2D eigenvalue weighted by molar-refractivity contribution is 6.19. The van der Waals surface area contributed by atoms with Crippen LogP contribution >= 0.6 is 0 Å². The minimum Gasteiger partial charge on any atom is -0.456 e. The third kappa shape index (κ3) is 5.12. The first kappa shape index (κ1) is 29.3. The Morgan fingerprint density at radius 2 is 1.14 bits per heavy atom. The molecule has 4 nitrogen and oxygen atoms in total. The van der Waals surface area contributed by atoms with Crippen LogP contribution in [0.15, 0.2) is 168 Å². The van der Waals surface area contributed by atoms with Crippen molar-refractivity contribution in [3.05, 3.63) is 170 Å². The van der Waals surface area contributed by atoms with Crippen molar-refractivity contribution in [3.63, 3.8) is 0 Å². The van der Waals surface area contributed by atoms with Crippen molar-refractivity contribution in [2.24, 2.45) is 0 Å². The fraction of sp³-hybridized carbons (Fsp3) is 0.0426. The van der Waals surface area contributed by atoms with E-state index in [2.05, 4.69) is 146 Å². The number of aromatic nitrogens is 3. The van der Waals surface area contributed by atoms with E-state index in [1.54, 1.807) is 0 Å². The summed E-state index contributed by atoms with van der Waals surface area (Å²) < 4.78 is 6.39. The first-order valence-electron chi connectivity index (χ1n) is 17.4. The van der Waals surface area contributed by atoms with E-state index in [1.165, 1.54) is 16.2 Å². The van der Waals surface area contributed by atoms with E-state index in [9.17, 15) is 0 Å². The molecule has 0 saturated carbocycles. The summed E-state index contributed by atoms with van der Waals surface area (Å²) in [6, 6.07) is 51.1. The highest BCUT2D eigenvalue weighted by Crippen LogP contribution is 2.40. The maximum atomic E-state index is 6.39. The molecule has 0 spiro atoms. The molecule has 1 aliphatic rings. The van der Waals surface area contributed by atoms with Gasteiger partial charge in [0.1, 0.15) is 11.2 Å². The molecule has 0 amide bonds. The van der Waals surface area contributed by atoms with Gasteiger partial charge in [-0.05, 0) is 74.8 Å². The molecule has 2 heterocycles. The Hall–Kier alpha value is -6.65. The minimum atomic E-state index is 0.664. The highest BCUT2D eigenvalue weighted by atomic mass is 16.3. The van der Waals surface area contributed by atoms with Crippen LogP contribution in [0.4, 0.5) is 0 Å². The number of allylic oxidation sites excluding steroid dienone is 4. The van der Waals surface area contributed by atoms with Crippen LogP contribution in [0.2, 0.25) is 0 Å². The zero-order chi connectivity index (χ0) is 33.7. The smallest absolute Gasteiger partial charge is 0.165 e. The van der Waals surface area contributed by atoms with Gasteiger partial charge in [0.15, 0.2) is 17.5 Å². The SMILES string of the molecule is C1=CC(c2nc(-c3ccccc3)nc(-c3c(-c4ccc(-c5ccc6c(c5)oc5ccc7ccccc7c56)cc4)ccc4ccccc34)n2)=CCC1. The number of rotatable bonds is 5. The quantitative estimate of drug-likeness (QED) is 0.185. The van der Waals surface area contributed by atoms with E-state index in [0.29, 0.717) is 17.5 Å². The summed E-state index contributed by atoms with van der Waals surface area (Å²) in [5.41, 5.74) is 9.19. The summed E-state index contributed by atoms with van der Waals surface area (Å²) in [7, 11) is 0. The van der Waals surface area contributed by atoms with Gasteiger partial charge in [-0.25, -0.2) is 15.0 Å². The van der Waals surface area contributed by atoms with Gasteiger partial charge in [0, 0.05) is 27.5 Å². The molecule has 9 aromatic rings. The Balaban J connectivity index is 1.10. The van der Waals surface area contributed by atoms with Gasteiger partial charge in [0.2, 0.25) is 0 Å². The number of furan rings is 1. The third-order valence-corrected chi connectivity index (χ3v) is 9.96.